The number of hydrogen-bond donors (Lipinski definition) is 1. The summed E-state index contributed by atoms with van der Waals surface area (Å²) in [5.41, 5.74) is 6.68. The maximum absolute atomic E-state index is 5.36. The van der Waals surface area contributed by atoms with E-state index >= 15 is 0 Å². The molecule has 1 nitrogen and oxygen atoms in total. The molecule has 1 aromatic rings. The molecule has 0 aromatic heterocycles. The Labute approximate surface area is 67.7 Å². The second-order valence-electron chi connectivity index (χ2n) is 2.02. The Morgan fingerprint density at radius 1 is 1.10 bits per heavy atom. The van der Waals surface area contributed by atoms with E-state index in [1.165, 1.54) is 5.56 Å². The van der Waals surface area contributed by atoms with Crippen LogP contribution in [0.5, 0.6) is 0 Å². The van der Waals surface area contributed by atoms with E-state index in [0.717, 1.165) is 13.0 Å². The van der Waals surface area contributed by atoms with Gasteiger partial charge in [0.05, 0.1) is 0 Å². The maximum atomic E-state index is 5.36. The van der Waals surface area contributed by atoms with Gasteiger partial charge >= 0.3 is 0 Å². The van der Waals surface area contributed by atoms with Gasteiger partial charge in [0.15, 0.2) is 0 Å². The molecule has 0 saturated heterocycles. The lowest BCUT2D eigenvalue weighted by Crippen LogP contribution is -3.00. The quantitative estimate of drug-likeness (QED) is 0.537. The molecule has 0 aliphatic carbocycles. The summed E-state index contributed by atoms with van der Waals surface area (Å²) in [6.07, 6.45) is 0.987. The average Bonchev–Trinajstić information content (AvgIpc) is 1.91. The smallest absolute Gasteiger partial charge is 0.00367 e. The van der Waals surface area contributed by atoms with Crippen molar-refractivity contribution < 1.29 is 12.4 Å². The van der Waals surface area contributed by atoms with Gasteiger partial charge in [0.2, 0.25) is 0 Å². The summed E-state index contributed by atoms with van der Waals surface area (Å²) in [5.74, 6) is 0. The fraction of sp³-hybridized carbons (Fsp3) is 0.250. The molecule has 0 atom stereocenters. The molecule has 0 spiro atoms. The van der Waals surface area contributed by atoms with E-state index in [2.05, 4.69) is 12.1 Å². The molecule has 56 valence electrons. The van der Waals surface area contributed by atoms with Gasteiger partial charge in [0, 0.05) is 0 Å². The van der Waals surface area contributed by atoms with Gasteiger partial charge in [-0.3, -0.25) is 0 Å². The summed E-state index contributed by atoms with van der Waals surface area (Å²) in [5, 5.41) is 0. The Morgan fingerprint density at radius 3 is 2.20 bits per heavy atom. The van der Waals surface area contributed by atoms with Crippen LogP contribution in [0.15, 0.2) is 30.3 Å². The van der Waals surface area contributed by atoms with Gasteiger partial charge < -0.3 is 18.1 Å². The molecular formula is C8H11ClN-. The van der Waals surface area contributed by atoms with Crippen LogP contribution in [0.25, 0.3) is 0 Å². The van der Waals surface area contributed by atoms with Crippen molar-refractivity contribution in [2.45, 2.75) is 6.42 Å². The molecule has 0 unspecified atom stereocenters. The Balaban J connectivity index is 0.000000810. The van der Waals surface area contributed by atoms with Crippen LogP contribution in [0.1, 0.15) is 5.56 Å². The number of benzene rings is 1. The van der Waals surface area contributed by atoms with Gasteiger partial charge in [-0.15, -0.1) is 0 Å². The van der Waals surface area contributed by atoms with E-state index in [-0.39, 0.29) is 12.4 Å². The highest BCUT2D eigenvalue weighted by atomic mass is 35.5. The third kappa shape index (κ3) is 2.85. The van der Waals surface area contributed by atoms with Gasteiger partial charge in [-0.1, -0.05) is 30.3 Å². The minimum absolute atomic E-state index is 0. The fourth-order valence-electron chi connectivity index (χ4n) is 0.811. The first-order chi connectivity index (χ1) is 4.43. The third-order valence-electron chi connectivity index (χ3n) is 1.28. The van der Waals surface area contributed by atoms with Crippen molar-refractivity contribution in [1.29, 1.82) is 0 Å². The van der Waals surface area contributed by atoms with E-state index in [9.17, 15) is 0 Å². The molecule has 0 radical (unpaired) electrons. The van der Waals surface area contributed by atoms with Crippen LogP contribution in [-0.2, 0) is 6.42 Å². The second kappa shape index (κ2) is 5.27. The molecule has 1 rings (SSSR count). The highest BCUT2D eigenvalue weighted by Gasteiger charge is 1.84. The first-order valence-corrected chi connectivity index (χ1v) is 3.17. The lowest BCUT2D eigenvalue weighted by Gasteiger charge is -1.93. The minimum atomic E-state index is 0. The molecule has 0 bridgehead atoms. The van der Waals surface area contributed by atoms with Gasteiger partial charge in [-0.2, -0.15) is 0 Å². The van der Waals surface area contributed by atoms with Crippen molar-refractivity contribution in [2.24, 2.45) is 5.73 Å². The summed E-state index contributed by atoms with van der Waals surface area (Å²) in [6, 6.07) is 10.3. The first-order valence-electron chi connectivity index (χ1n) is 3.17. The molecular weight excluding hydrogens is 146 g/mol. The zero-order chi connectivity index (χ0) is 6.53. The van der Waals surface area contributed by atoms with Crippen LogP contribution in [0.2, 0.25) is 0 Å². The van der Waals surface area contributed by atoms with E-state index in [4.69, 9.17) is 5.73 Å². The lowest BCUT2D eigenvalue weighted by atomic mass is 10.2. The zero-order valence-corrected chi connectivity index (χ0v) is 6.51. The molecule has 0 saturated carbocycles. The molecule has 10 heavy (non-hydrogen) atoms. The maximum Gasteiger partial charge on any atom is -0.00367 e. The predicted molar refractivity (Wildman–Crippen MR) is 39.2 cm³/mol. The standard InChI is InChI=1S/C8H11N.ClH/c9-7-6-8-4-2-1-3-5-8;/h1-5H,6-7,9H2;1H/p-1. The summed E-state index contributed by atoms with van der Waals surface area (Å²) in [6.45, 7) is 0.740. The monoisotopic (exact) mass is 156 g/mol. The van der Waals surface area contributed by atoms with Crippen molar-refractivity contribution in [1.82, 2.24) is 0 Å². The third-order valence-corrected chi connectivity index (χ3v) is 1.28. The molecule has 2 N–H and O–H groups in total. The van der Waals surface area contributed by atoms with Gasteiger partial charge in [-0.25, -0.2) is 0 Å². The Kier molecular flexibility index (Phi) is 4.99. The lowest BCUT2D eigenvalue weighted by molar-refractivity contribution is -0.00000196. The van der Waals surface area contributed by atoms with Crippen LogP contribution < -0.4 is 18.1 Å². The van der Waals surface area contributed by atoms with E-state index in [1.54, 1.807) is 0 Å². The molecule has 1 aromatic carbocycles. The summed E-state index contributed by atoms with van der Waals surface area (Å²) in [4.78, 5) is 0. The minimum Gasteiger partial charge on any atom is -1.00 e. The molecule has 0 heterocycles. The molecule has 2 heteroatoms. The Hall–Kier alpha value is -0.530. The largest absolute Gasteiger partial charge is 1.00 e. The Bertz CT molecular complexity index is 162. The number of nitrogens with two attached hydrogens (primary N) is 1. The normalized spacial score (nSPS) is 8.50. The van der Waals surface area contributed by atoms with Gasteiger partial charge in [-0.05, 0) is 18.5 Å². The second-order valence-corrected chi connectivity index (χ2v) is 2.02. The highest BCUT2D eigenvalue weighted by Crippen LogP contribution is 1.96. The van der Waals surface area contributed by atoms with Crippen molar-refractivity contribution in [2.75, 3.05) is 6.54 Å². The van der Waals surface area contributed by atoms with E-state index < -0.39 is 0 Å². The number of rotatable bonds is 2. The molecule has 0 amide bonds. The number of halogens is 1. The fourth-order valence-corrected chi connectivity index (χ4v) is 0.811. The molecule has 0 aliphatic rings. The van der Waals surface area contributed by atoms with Crippen LogP contribution in [0.3, 0.4) is 0 Å². The van der Waals surface area contributed by atoms with Gasteiger partial charge in [0.1, 0.15) is 0 Å². The van der Waals surface area contributed by atoms with Crippen molar-refractivity contribution >= 4 is 0 Å². The molecule has 0 aliphatic heterocycles. The summed E-state index contributed by atoms with van der Waals surface area (Å²) >= 11 is 0. The zero-order valence-electron chi connectivity index (χ0n) is 5.76. The Morgan fingerprint density at radius 2 is 1.70 bits per heavy atom. The predicted octanol–water partition coefficient (Wildman–Crippen LogP) is -1.81. The van der Waals surface area contributed by atoms with E-state index in [1.807, 2.05) is 18.2 Å². The van der Waals surface area contributed by atoms with Crippen LogP contribution >= 0.6 is 0 Å². The number of hydrogen-bond acceptors (Lipinski definition) is 1. The van der Waals surface area contributed by atoms with Crippen LogP contribution in [0, 0.1) is 0 Å². The van der Waals surface area contributed by atoms with Crippen molar-refractivity contribution in [3.8, 4) is 0 Å². The van der Waals surface area contributed by atoms with Crippen molar-refractivity contribution in [3.05, 3.63) is 35.9 Å². The topological polar surface area (TPSA) is 26.0 Å². The van der Waals surface area contributed by atoms with Crippen LogP contribution in [0.4, 0.5) is 0 Å². The summed E-state index contributed by atoms with van der Waals surface area (Å²) in [7, 11) is 0. The average molecular weight is 157 g/mol. The summed E-state index contributed by atoms with van der Waals surface area (Å²) < 4.78 is 0. The van der Waals surface area contributed by atoms with Crippen molar-refractivity contribution in [3.63, 3.8) is 0 Å². The highest BCUT2D eigenvalue weighted by molar-refractivity contribution is 5.14. The molecule has 0 fully saturated rings. The SMILES string of the molecule is NCCc1ccccc1.[Cl-]. The van der Waals surface area contributed by atoms with E-state index in [0.29, 0.717) is 0 Å². The van der Waals surface area contributed by atoms with Crippen LogP contribution in [-0.4, -0.2) is 6.54 Å². The van der Waals surface area contributed by atoms with Gasteiger partial charge in [0.25, 0.3) is 0 Å². The first kappa shape index (κ1) is 9.47.